The maximum absolute atomic E-state index is 5.89. The second-order valence-corrected chi connectivity index (χ2v) is 5.05. The third kappa shape index (κ3) is 2.31. The van der Waals surface area contributed by atoms with Crippen LogP contribution in [-0.2, 0) is 0 Å². The van der Waals surface area contributed by atoms with Gasteiger partial charge in [0.1, 0.15) is 17.4 Å². The van der Waals surface area contributed by atoms with Crippen LogP contribution in [0.4, 0.5) is 0 Å². The average molecular weight is 267 g/mol. The number of furan rings is 1. The normalized spacial score (nSPS) is 12.8. The van der Waals surface area contributed by atoms with Gasteiger partial charge in [0.05, 0.1) is 5.69 Å². The first-order chi connectivity index (χ1) is 9.67. The molecule has 4 heteroatoms. The highest BCUT2D eigenvalue weighted by molar-refractivity contribution is 5.78. The van der Waals surface area contributed by atoms with Gasteiger partial charge in [0.15, 0.2) is 0 Å². The predicted octanol–water partition coefficient (Wildman–Crippen LogP) is 3.00. The molecule has 1 aromatic carbocycles. The third-order valence-electron chi connectivity index (χ3n) is 3.37. The van der Waals surface area contributed by atoms with Crippen LogP contribution in [0.5, 0.6) is 0 Å². The number of nitrogens with one attached hydrogen (secondary N) is 1. The lowest BCUT2D eigenvalue weighted by molar-refractivity contribution is 0.471. The van der Waals surface area contributed by atoms with Crippen molar-refractivity contribution in [2.24, 2.45) is 5.84 Å². The molecule has 0 spiro atoms. The number of hydrogen-bond acceptors (Lipinski definition) is 4. The summed E-state index contributed by atoms with van der Waals surface area (Å²) in [7, 11) is 0. The van der Waals surface area contributed by atoms with Crippen LogP contribution in [0.3, 0.4) is 0 Å². The van der Waals surface area contributed by atoms with Gasteiger partial charge in [-0.15, -0.1) is 0 Å². The Labute approximate surface area is 117 Å². The van der Waals surface area contributed by atoms with Crippen LogP contribution in [0, 0.1) is 13.8 Å². The van der Waals surface area contributed by atoms with Crippen molar-refractivity contribution in [3.63, 3.8) is 0 Å². The molecule has 3 N–H and O–H groups in total. The number of aryl methyl sites for hydroxylation is 2. The van der Waals surface area contributed by atoms with Gasteiger partial charge >= 0.3 is 0 Å². The van der Waals surface area contributed by atoms with Gasteiger partial charge in [0.2, 0.25) is 0 Å². The van der Waals surface area contributed by atoms with Crippen molar-refractivity contribution >= 4 is 11.0 Å². The molecule has 0 saturated heterocycles. The Kier molecular flexibility index (Phi) is 3.26. The molecule has 0 radical (unpaired) electrons. The minimum absolute atomic E-state index is 0.248. The standard InChI is InChI=1S/C16H17N3O/c1-10-3-4-14-12(7-10)9-15(20-14)16(19-17)13-8-11(2)5-6-18-13/h3-9,16,19H,17H2,1-2H3. The molecule has 2 heterocycles. The highest BCUT2D eigenvalue weighted by Gasteiger charge is 2.18. The van der Waals surface area contributed by atoms with Gasteiger partial charge in [-0.05, 0) is 49.7 Å². The molecule has 0 saturated carbocycles. The van der Waals surface area contributed by atoms with Crippen molar-refractivity contribution in [1.29, 1.82) is 0 Å². The Balaban J connectivity index is 2.07. The van der Waals surface area contributed by atoms with Crippen LogP contribution < -0.4 is 11.3 Å². The minimum atomic E-state index is -0.248. The smallest absolute Gasteiger partial charge is 0.134 e. The van der Waals surface area contributed by atoms with E-state index >= 15 is 0 Å². The average Bonchev–Trinajstić information content (AvgIpc) is 2.82. The maximum atomic E-state index is 5.89. The summed E-state index contributed by atoms with van der Waals surface area (Å²) in [6.45, 7) is 4.09. The lowest BCUT2D eigenvalue weighted by atomic mass is 10.1. The molecule has 20 heavy (non-hydrogen) atoms. The van der Waals surface area contributed by atoms with Crippen LogP contribution in [-0.4, -0.2) is 4.98 Å². The molecule has 0 aliphatic heterocycles. The van der Waals surface area contributed by atoms with E-state index in [2.05, 4.69) is 23.4 Å². The van der Waals surface area contributed by atoms with Crippen LogP contribution in [0.25, 0.3) is 11.0 Å². The Morgan fingerprint density at radius 3 is 2.65 bits per heavy atom. The third-order valence-corrected chi connectivity index (χ3v) is 3.37. The lowest BCUT2D eigenvalue weighted by Crippen LogP contribution is -2.29. The molecule has 1 unspecified atom stereocenters. The summed E-state index contributed by atoms with van der Waals surface area (Å²) in [4.78, 5) is 4.37. The molecule has 0 fully saturated rings. The Morgan fingerprint density at radius 1 is 1.10 bits per heavy atom. The number of pyridine rings is 1. The zero-order valence-corrected chi connectivity index (χ0v) is 11.6. The topological polar surface area (TPSA) is 64.1 Å². The van der Waals surface area contributed by atoms with Gasteiger partial charge in [-0.25, -0.2) is 5.43 Å². The molecular formula is C16H17N3O. The quantitative estimate of drug-likeness (QED) is 0.565. The molecule has 0 amide bonds. The largest absolute Gasteiger partial charge is 0.459 e. The van der Waals surface area contributed by atoms with E-state index in [-0.39, 0.29) is 6.04 Å². The van der Waals surface area contributed by atoms with E-state index in [0.29, 0.717) is 0 Å². The van der Waals surface area contributed by atoms with E-state index in [1.54, 1.807) is 6.20 Å². The van der Waals surface area contributed by atoms with Crippen molar-refractivity contribution in [3.8, 4) is 0 Å². The van der Waals surface area contributed by atoms with Crippen LogP contribution >= 0.6 is 0 Å². The number of hydrogen-bond donors (Lipinski definition) is 2. The second-order valence-electron chi connectivity index (χ2n) is 5.05. The van der Waals surface area contributed by atoms with Gasteiger partial charge in [0, 0.05) is 11.6 Å². The Morgan fingerprint density at radius 2 is 1.90 bits per heavy atom. The maximum Gasteiger partial charge on any atom is 0.134 e. The molecule has 1 atom stereocenters. The number of hydrazine groups is 1. The number of nitrogens with zero attached hydrogens (tertiary/aromatic N) is 1. The van der Waals surface area contributed by atoms with E-state index < -0.39 is 0 Å². The highest BCUT2D eigenvalue weighted by Crippen LogP contribution is 2.27. The molecule has 4 nitrogen and oxygen atoms in total. The number of fused-ring (bicyclic) bond motifs is 1. The molecule has 3 aromatic rings. The molecule has 3 rings (SSSR count). The zero-order valence-electron chi connectivity index (χ0n) is 11.6. The molecule has 102 valence electrons. The summed E-state index contributed by atoms with van der Waals surface area (Å²) >= 11 is 0. The zero-order chi connectivity index (χ0) is 14.1. The Hall–Kier alpha value is -2.17. The predicted molar refractivity (Wildman–Crippen MR) is 79.1 cm³/mol. The number of rotatable bonds is 3. The van der Waals surface area contributed by atoms with E-state index in [4.69, 9.17) is 10.3 Å². The van der Waals surface area contributed by atoms with Gasteiger partial charge in [-0.1, -0.05) is 11.6 Å². The van der Waals surface area contributed by atoms with Crippen molar-refractivity contribution < 1.29 is 4.42 Å². The molecule has 0 bridgehead atoms. The first kappa shape index (κ1) is 12.8. The number of aromatic nitrogens is 1. The summed E-state index contributed by atoms with van der Waals surface area (Å²) in [5.41, 5.74) is 6.84. The molecule has 0 aliphatic carbocycles. The van der Waals surface area contributed by atoms with Crippen molar-refractivity contribution in [2.75, 3.05) is 0 Å². The fraction of sp³-hybridized carbons (Fsp3) is 0.188. The molecular weight excluding hydrogens is 250 g/mol. The lowest BCUT2D eigenvalue weighted by Gasteiger charge is -2.12. The van der Waals surface area contributed by atoms with E-state index in [1.807, 2.05) is 37.3 Å². The monoisotopic (exact) mass is 267 g/mol. The fourth-order valence-corrected chi connectivity index (χ4v) is 2.36. The van der Waals surface area contributed by atoms with Crippen LogP contribution in [0.2, 0.25) is 0 Å². The molecule has 0 aliphatic rings. The van der Waals surface area contributed by atoms with Gasteiger partial charge < -0.3 is 4.42 Å². The van der Waals surface area contributed by atoms with Gasteiger partial charge in [-0.3, -0.25) is 10.8 Å². The van der Waals surface area contributed by atoms with Gasteiger partial charge in [-0.2, -0.15) is 0 Å². The van der Waals surface area contributed by atoms with Gasteiger partial charge in [0.25, 0.3) is 0 Å². The SMILES string of the molecule is Cc1ccnc(C(NN)c2cc3cc(C)ccc3o2)c1. The highest BCUT2D eigenvalue weighted by atomic mass is 16.3. The summed E-state index contributed by atoms with van der Waals surface area (Å²) in [5, 5.41) is 1.08. The second kappa shape index (κ2) is 5.07. The van der Waals surface area contributed by atoms with E-state index in [0.717, 1.165) is 28.0 Å². The summed E-state index contributed by atoms with van der Waals surface area (Å²) < 4.78 is 5.89. The fourth-order valence-electron chi connectivity index (χ4n) is 2.36. The van der Waals surface area contributed by atoms with Crippen LogP contribution in [0.1, 0.15) is 28.6 Å². The van der Waals surface area contributed by atoms with Crippen molar-refractivity contribution in [1.82, 2.24) is 10.4 Å². The number of nitrogens with two attached hydrogens (primary N) is 1. The molecule has 2 aromatic heterocycles. The minimum Gasteiger partial charge on any atom is -0.459 e. The number of benzene rings is 1. The summed E-state index contributed by atoms with van der Waals surface area (Å²) in [6, 6.07) is 11.8. The Bertz CT molecular complexity index is 748. The van der Waals surface area contributed by atoms with Crippen molar-refractivity contribution in [3.05, 3.63) is 65.2 Å². The van der Waals surface area contributed by atoms with E-state index in [1.165, 1.54) is 5.56 Å². The van der Waals surface area contributed by atoms with Crippen LogP contribution in [0.15, 0.2) is 47.0 Å². The first-order valence-corrected chi connectivity index (χ1v) is 6.56. The summed E-state index contributed by atoms with van der Waals surface area (Å²) in [5.74, 6) is 6.46. The van der Waals surface area contributed by atoms with E-state index in [9.17, 15) is 0 Å². The summed E-state index contributed by atoms with van der Waals surface area (Å²) in [6.07, 6.45) is 1.78. The first-order valence-electron chi connectivity index (χ1n) is 6.56. The van der Waals surface area contributed by atoms with Crippen molar-refractivity contribution in [2.45, 2.75) is 19.9 Å².